The van der Waals surface area contributed by atoms with Crippen LogP contribution in [0.2, 0.25) is 5.02 Å². The third-order valence-corrected chi connectivity index (χ3v) is 7.58. The maximum Gasteiger partial charge on any atom is 0.264 e. The number of benzene rings is 3. The highest BCUT2D eigenvalue weighted by Crippen LogP contribution is 2.27. The van der Waals surface area contributed by atoms with E-state index >= 15 is 0 Å². The van der Waals surface area contributed by atoms with Crippen LogP contribution in [0.4, 0.5) is 5.69 Å². The number of nitrogens with zero attached hydrogens (tertiary/aromatic N) is 1. The Morgan fingerprint density at radius 1 is 1.00 bits per heavy atom. The Kier molecular flexibility index (Phi) is 8.23. The molecule has 34 heavy (non-hydrogen) atoms. The monoisotopic (exact) mass is 500 g/mol. The fourth-order valence-electron chi connectivity index (χ4n) is 3.45. The van der Waals surface area contributed by atoms with Crippen LogP contribution >= 0.6 is 11.6 Å². The second-order valence-corrected chi connectivity index (χ2v) is 10.3. The number of aryl methyl sites for hydroxylation is 2. The molecule has 0 aliphatic heterocycles. The van der Waals surface area contributed by atoms with Crippen molar-refractivity contribution in [1.82, 2.24) is 5.32 Å². The van der Waals surface area contributed by atoms with Gasteiger partial charge in [0.15, 0.2) is 0 Å². The second-order valence-electron chi connectivity index (χ2n) is 8.03. The molecule has 0 unspecified atom stereocenters. The molecule has 0 aliphatic rings. The van der Waals surface area contributed by atoms with Crippen LogP contribution in [0.5, 0.6) is 5.75 Å². The van der Waals surface area contributed by atoms with Crippen molar-refractivity contribution in [2.45, 2.75) is 38.6 Å². The summed E-state index contributed by atoms with van der Waals surface area (Å²) in [5.41, 5.74) is 3.26. The number of amides is 1. The molecular weight excluding hydrogens is 472 g/mol. The van der Waals surface area contributed by atoms with Crippen LogP contribution in [0.1, 0.15) is 36.6 Å². The van der Waals surface area contributed by atoms with E-state index in [1.165, 1.54) is 24.3 Å². The Morgan fingerprint density at radius 3 is 2.24 bits per heavy atom. The van der Waals surface area contributed by atoms with E-state index in [1.54, 1.807) is 12.1 Å². The van der Waals surface area contributed by atoms with Gasteiger partial charge in [0.2, 0.25) is 5.91 Å². The summed E-state index contributed by atoms with van der Waals surface area (Å²) in [6.45, 7) is 7.82. The maximum absolute atomic E-state index is 13.5. The number of sulfonamides is 1. The van der Waals surface area contributed by atoms with Gasteiger partial charge in [0.25, 0.3) is 10.0 Å². The Hall–Kier alpha value is -3.03. The molecule has 1 N–H and O–H groups in total. The van der Waals surface area contributed by atoms with E-state index < -0.39 is 15.9 Å². The molecule has 0 aliphatic carbocycles. The molecule has 0 fully saturated rings. The summed E-state index contributed by atoms with van der Waals surface area (Å²) in [7, 11) is -4.01. The fraction of sp³-hybridized carbons (Fsp3) is 0.269. The highest BCUT2D eigenvalue weighted by Gasteiger charge is 2.28. The van der Waals surface area contributed by atoms with Gasteiger partial charge in [0, 0.05) is 5.02 Å². The number of hydrogen-bond acceptors (Lipinski definition) is 4. The van der Waals surface area contributed by atoms with Gasteiger partial charge in [0.05, 0.1) is 23.2 Å². The third kappa shape index (κ3) is 6.10. The van der Waals surface area contributed by atoms with Crippen LogP contribution in [0.15, 0.2) is 71.6 Å². The van der Waals surface area contributed by atoms with Crippen molar-refractivity contribution in [2.24, 2.45) is 0 Å². The Balaban J connectivity index is 1.86. The molecular formula is C26H29ClN2O4S. The summed E-state index contributed by atoms with van der Waals surface area (Å²) in [4.78, 5) is 13.1. The largest absolute Gasteiger partial charge is 0.494 e. The summed E-state index contributed by atoms with van der Waals surface area (Å²) in [6.07, 6.45) is 0. The smallest absolute Gasteiger partial charge is 0.264 e. The zero-order valence-electron chi connectivity index (χ0n) is 19.7. The molecule has 0 bridgehead atoms. The maximum atomic E-state index is 13.5. The number of ether oxygens (including phenoxy) is 1. The van der Waals surface area contributed by atoms with Crippen molar-refractivity contribution in [3.63, 3.8) is 0 Å². The van der Waals surface area contributed by atoms with E-state index in [2.05, 4.69) is 5.32 Å². The lowest BCUT2D eigenvalue weighted by molar-refractivity contribution is -0.120. The zero-order chi connectivity index (χ0) is 24.9. The first-order chi connectivity index (χ1) is 16.1. The highest BCUT2D eigenvalue weighted by atomic mass is 35.5. The highest BCUT2D eigenvalue weighted by molar-refractivity contribution is 7.92. The summed E-state index contributed by atoms with van der Waals surface area (Å²) in [5.74, 6) is 0.330. The van der Waals surface area contributed by atoms with Gasteiger partial charge in [-0.25, -0.2) is 8.42 Å². The van der Waals surface area contributed by atoms with Gasteiger partial charge in [0.1, 0.15) is 12.3 Å². The van der Waals surface area contributed by atoms with Crippen LogP contribution in [0.3, 0.4) is 0 Å². The number of rotatable bonds is 9. The summed E-state index contributed by atoms with van der Waals surface area (Å²) >= 11 is 5.94. The fourth-order valence-corrected chi connectivity index (χ4v) is 4.99. The van der Waals surface area contributed by atoms with Gasteiger partial charge in [-0.15, -0.1) is 0 Å². The lowest BCUT2D eigenvalue weighted by Crippen LogP contribution is -2.41. The average Bonchev–Trinajstić information content (AvgIpc) is 2.80. The van der Waals surface area contributed by atoms with Crippen LogP contribution in [0.25, 0.3) is 0 Å². The van der Waals surface area contributed by atoms with Crippen molar-refractivity contribution in [1.29, 1.82) is 0 Å². The van der Waals surface area contributed by atoms with Gasteiger partial charge < -0.3 is 10.1 Å². The van der Waals surface area contributed by atoms with Gasteiger partial charge in [-0.1, -0.05) is 29.8 Å². The molecule has 0 heterocycles. The van der Waals surface area contributed by atoms with Crippen molar-refractivity contribution in [3.05, 3.63) is 88.4 Å². The van der Waals surface area contributed by atoms with Crippen molar-refractivity contribution >= 4 is 33.2 Å². The number of anilines is 1. The molecule has 0 spiro atoms. The Bertz CT molecular complexity index is 1240. The third-order valence-electron chi connectivity index (χ3n) is 5.54. The Labute approximate surface area is 206 Å². The predicted octanol–water partition coefficient (Wildman–Crippen LogP) is 5.43. The standard InChI is InChI=1S/C26H29ClN2O4S/c1-5-33-24-12-7-21(8-13-24)20(4)28-26(30)17-29(23-11-6-18(2)19(3)16-23)34(31,32)25-14-9-22(27)10-15-25/h6-16,20H,5,17H2,1-4H3,(H,28,30)/t20-/m0/s1. The van der Waals surface area contributed by atoms with Crippen LogP contribution in [0, 0.1) is 13.8 Å². The van der Waals surface area contributed by atoms with Gasteiger partial charge in [-0.3, -0.25) is 9.10 Å². The molecule has 3 aromatic rings. The SMILES string of the molecule is CCOc1ccc([C@H](C)NC(=O)CN(c2ccc(C)c(C)c2)S(=O)(=O)c2ccc(Cl)cc2)cc1. The molecule has 8 heteroatoms. The van der Waals surface area contributed by atoms with E-state index in [0.29, 0.717) is 17.3 Å². The number of hydrogen-bond donors (Lipinski definition) is 1. The quantitative estimate of drug-likeness (QED) is 0.425. The van der Waals surface area contributed by atoms with E-state index in [-0.39, 0.29) is 17.5 Å². The Morgan fingerprint density at radius 2 is 1.65 bits per heavy atom. The van der Waals surface area contributed by atoms with Crippen molar-refractivity contribution < 1.29 is 17.9 Å². The summed E-state index contributed by atoms with van der Waals surface area (Å²) in [6, 6.07) is 18.3. The first kappa shape index (κ1) is 25.6. The minimum Gasteiger partial charge on any atom is -0.494 e. The van der Waals surface area contributed by atoms with Crippen molar-refractivity contribution in [3.8, 4) is 5.75 Å². The summed E-state index contributed by atoms with van der Waals surface area (Å²) < 4.78 is 33.6. The number of carbonyl (C=O) groups is 1. The molecule has 180 valence electrons. The molecule has 0 saturated heterocycles. The number of carbonyl (C=O) groups excluding carboxylic acids is 1. The molecule has 0 saturated carbocycles. The molecule has 1 amide bonds. The molecule has 0 radical (unpaired) electrons. The lowest BCUT2D eigenvalue weighted by atomic mass is 10.1. The van der Waals surface area contributed by atoms with Gasteiger partial charge in [-0.05, 0) is 92.9 Å². The molecule has 1 atom stereocenters. The number of nitrogens with one attached hydrogen (secondary N) is 1. The second kappa shape index (κ2) is 10.9. The number of halogens is 1. The van der Waals surface area contributed by atoms with E-state index in [4.69, 9.17) is 16.3 Å². The summed E-state index contributed by atoms with van der Waals surface area (Å²) in [5, 5.41) is 3.33. The topological polar surface area (TPSA) is 75.7 Å². The van der Waals surface area contributed by atoms with Gasteiger partial charge in [-0.2, -0.15) is 0 Å². The van der Waals surface area contributed by atoms with Crippen LogP contribution < -0.4 is 14.4 Å². The molecule has 0 aromatic heterocycles. The van der Waals surface area contributed by atoms with E-state index in [1.807, 2.05) is 58.0 Å². The first-order valence-corrected chi connectivity index (χ1v) is 12.8. The predicted molar refractivity (Wildman–Crippen MR) is 136 cm³/mol. The zero-order valence-corrected chi connectivity index (χ0v) is 21.3. The van der Waals surface area contributed by atoms with Crippen molar-refractivity contribution in [2.75, 3.05) is 17.5 Å². The lowest BCUT2D eigenvalue weighted by Gasteiger charge is -2.26. The minimum atomic E-state index is -4.01. The molecule has 3 aromatic carbocycles. The van der Waals surface area contributed by atoms with Gasteiger partial charge >= 0.3 is 0 Å². The molecule has 3 rings (SSSR count). The normalized spacial score (nSPS) is 12.1. The average molecular weight is 501 g/mol. The minimum absolute atomic E-state index is 0.0579. The van der Waals surface area contributed by atoms with E-state index in [0.717, 1.165) is 26.7 Å². The van der Waals surface area contributed by atoms with E-state index in [9.17, 15) is 13.2 Å². The first-order valence-electron chi connectivity index (χ1n) is 11.0. The van der Waals surface area contributed by atoms with Crippen LogP contribution in [-0.2, 0) is 14.8 Å². The van der Waals surface area contributed by atoms with Crippen LogP contribution in [-0.4, -0.2) is 27.5 Å². The molecule has 6 nitrogen and oxygen atoms in total.